The van der Waals surface area contributed by atoms with E-state index in [1.165, 1.54) is 31.9 Å². The molecule has 0 amide bonds. The lowest BCUT2D eigenvalue weighted by molar-refractivity contribution is 0.317. The molecular weight excluding hydrogens is 251 g/mol. The summed E-state index contributed by atoms with van der Waals surface area (Å²) >= 11 is 5.88. The zero-order valence-corrected chi connectivity index (χ0v) is 11.1. The smallest absolute Gasteiger partial charge is 0.127 e. The largest absolute Gasteiger partial charge is 0.308 e. The molecule has 1 aromatic carbocycles. The van der Waals surface area contributed by atoms with E-state index in [1.54, 1.807) is 12.1 Å². The maximum Gasteiger partial charge on any atom is 0.127 e. The third-order valence-electron chi connectivity index (χ3n) is 3.87. The molecule has 2 aliphatic rings. The minimum absolute atomic E-state index is 0.177. The van der Waals surface area contributed by atoms with Gasteiger partial charge in [0.1, 0.15) is 5.82 Å². The van der Waals surface area contributed by atoms with Crippen LogP contribution >= 0.6 is 11.6 Å². The van der Waals surface area contributed by atoms with Gasteiger partial charge in [-0.25, -0.2) is 4.39 Å². The van der Waals surface area contributed by atoms with Crippen molar-refractivity contribution in [1.82, 2.24) is 10.2 Å². The summed E-state index contributed by atoms with van der Waals surface area (Å²) in [6, 6.07) is 6.05. The number of halogens is 2. The molecule has 0 spiro atoms. The Morgan fingerprint density at radius 2 is 2.17 bits per heavy atom. The highest BCUT2D eigenvalue weighted by Gasteiger charge is 2.34. The van der Waals surface area contributed by atoms with Crippen molar-refractivity contribution in [3.63, 3.8) is 0 Å². The van der Waals surface area contributed by atoms with Crippen molar-refractivity contribution in [3.8, 4) is 0 Å². The van der Waals surface area contributed by atoms with Crippen molar-refractivity contribution in [2.45, 2.75) is 37.9 Å². The van der Waals surface area contributed by atoms with E-state index in [1.807, 2.05) is 0 Å². The molecule has 1 saturated heterocycles. The molecule has 1 heterocycles. The average molecular weight is 269 g/mol. The van der Waals surface area contributed by atoms with Crippen molar-refractivity contribution < 1.29 is 4.39 Å². The molecule has 0 aromatic heterocycles. The number of nitrogens with one attached hydrogen (secondary N) is 1. The molecule has 1 N–H and O–H groups in total. The van der Waals surface area contributed by atoms with Crippen LogP contribution in [0.15, 0.2) is 18.2 Å². The topological polar surface area (TPSA) is 15.3 Å². The van der Waals surface area contributed by atoms with E-state index >= 15 is 0 Å². The highest BCUT2D eigenvalue weighted by Crippen LogP contribution is 2.29. The van der Waals surface area contributed by atoms with Gasteiger partial charge in [-0.1, -0.05) is 11.6 Å². The van der Waals surface area contributed by atoms with Gasteiger partial charge in [0.2, 0.25) is 0 Å². The maximum atomic E-state index is 13.5. The van der Waals surface area contributed by atoms with Gasteiger partial charge < -0.3 is 5.32 Å². The second-order valence-electron chi connectivity index (χ2n) is 5.33. The number of hydrogen-bond acceptors (Lipinski definition) is 2. The summed E-state index contributed by atoms with van der Waals surface area (Å²) in [5, 5.41) is 4.03. The van der Waals surface area contributed by atoms with Gasteiger partial charge in [-0.05, 0) is 37.5 Å². The first-order valence-electron chi connectivity index (χ1n) is 6.64. The van der Waals surface area contributed by atoms with E-state index in [4.69, 9.17) is 11.6 Å². The van der Waals surface area contributed by atoms with Crippen LogP contribution in [0.25, 0.3) is 0 Å². The van der Waals surface area contributed by atoms with E-state index in [0.717, 1.165) is 12.6 Å². The molecule has 98 valence electrons. The number of nitrogens with zero attached hydrogens (tertiary/aromatic N) is 1. The Bertz CT molecular complexity index is 434. The number of rotatable bonds is 4. The van der Waals surface area contributed by atoms with E-state index in [0.29, 0.717) is 23.2 Å². The standard InChI is InChI=1S/C14H18ClFN2/c15-11-1-4-14(16)10(7-11)8-17-12-5-6-18(9-12)13-2-3-13/h1,4,7,12-13,17H,2-3,5-6,8-9H2. The van der Waals surface area contributed by atoms with Crippen LogP contribution < -0.4 is 5.32 Å². The number of hydrogen-bond donors (Lipinski definition) is 1. The maximum absolute atomic E-state index is 13.5. The summed E-state index contributed by atoms with van der Waals surface area (Å²) in [6.45, 7) is 2.85. The molecule has 1 aliphatic carbocycles. The lowest BCUT2D eigenvalue weighted by Gasteiger charge is -2.16. The molecule has 18 heavy (non-hydrogen) atoms. The molecule has 3 rings (SSSR count). The van der Waals surface area contributed by atoms with Crippen LogP contribution in [0.4, 0.5) is 4.39 Å². The molecule has 0 radical (unpaired) electrons. The monoisotopic (exact) mass is 268 g/mol. The Morgan fingerprint density at radius 1 is 1.33 bits per heavy atom. The Hall–Kier alpha value is -0.640. The van der Waals surface area contributed by atoms with Gasteiger partial charge in [0.05, 0.1) is 0 Å². The summed E-state index contributed by atoms with van der Waals surface area (Å²) in [5.74, 6) is -0.177. The predicted molar refractivity (Wildman–Crippen MR) is 71.2 cm³/mol. The SMILES string of the molecule is Fc1ccc(Cl)cc1CNC1CCN(C2CC2)C1. The van der Waals surface area contributed by atoms with Gasteiger partial charge in [-0.15, -0.1) is 0 Å². The van der Waals surface area contributed by atoms with Crippen molar-refractivity contribution in [2.75, 3.05) is 13.1 Å². The summed E-state index contributed by atoms with van der Waals surface area (Å²) in [6.07, 6.45) is 3.88. The fourth-order valence-corrected chi connectivity index (χ4v) is 2.85. The quantitative estimate of drug-likeness (QED) is 0.903. The van der Waals surface area contributed by atoms with Gasteiger partial charge in [-0.2, -0.15) is 0 Å². The minimum atomic E-state index is -0.177. The zero-order valence-electron chi connectivity index (χ0n) is 10.3. The van der Waals surface area contributed by atoms with Crippen molar-refractivity contribution in [2.24, 2.45) is 0 Å². The van der Waals surface area contributed by atoms with Crippen LogP contribution in [-0.4, -0.2) is 30.1 Å². The summed E-state index contributed by atoms with van der Waals surface area (Å²) < 4.78 is 13.5. The number of benzene rings is 1. The van der Waals surface area contributed by atoms with Crippen LogP contribution in [0.5, 0.6) is 0 Å². The van der Waals surface area contributed by atoms with Gasteiger partial charge in [0.25, 0.3) is 0 Å². The molecule has 2 fully saturated rings. The summed E-state index contributed by atoms with van der Waals surface area (Å²) in [5.41, 5.74) is 0.660. The lowest BCUT2D eigenvalue weighted by Crippen LogP contribution is -2.33. The molecule has 1 unspecified atom stereocenters. The Morgan fingerprint density at radius 3 is 2.94 bits per heavy atom. The van der Waals surface area contributed by atoms with Crippen LogP contribution in [0.3, 0.4) is 0 Å². The van der Waals surface area contributed by atoms with Gasteiger partial charge in [-0.3, -0.25) is 4.90 Å². The van der Waals surface area contributed by atoms with Crippen LogP contribution in [0.1, 0.15) is 24.8 Å². The fourth-order valence-electron chi connectivity index (χ4n) is 2.66. The van der Waals surface area contributed by atoms with Gasteiger partial charge in [0.15, 0.2) is 0 Å². The van der Waals surface area contributed by atoms with Crippen molar-refractivity contribution in [3.05, 3.63) is 34.6 Å². The van der Waals surface area contributed by atoms with E-state index in [9.17, 15) is 4.39 Å². The average Bonchev–Trinajstić information content (AvgIpc) is 3.10. The highest BCUT2D eigenvalue weighted by molar-refractivity contribution is 6.30. The molecule has 2 nitrogen and oxygen atoms in total. The van der Waals surface area contributed by atoms with E-state index in [-0.39, 0.29) is 5.82 Å². The first-order valence-corrected chi connectivity index (χ1v) is 7.01. The third-order valence-corrected chi connectivity index (χ3v) is 4.11. The van der Waals surface area contributed by atoms with Crippen molar-refractivity contribution >= 4 is 11.6 Å². The molecule has 1 atom stereocenters. The lowest BCUT2D eigenvalue weighted by atomic mass is 10.2. The van der Waals surface area contributed by atoms with Gasteiger partial charge in [0, 0.05) is 42.3 Å². The Kier molecular flexibility index (Phi) is 3.55. The normalized spacial score (nSPS) is 24.7. The molecule has 1 aromatic rings. The van der Waals surface area contributed by atoms with Crippen molar-refractivity contribution in [1.29, 1.82) is 0 Å². The van der Waals surface area contributed by atoms with E-state index < -0.39 is 0 Å². The van der Waals surface area contributed by atoms with Crippen LogP contribution in [0.2, 0.25) is 5.02 Å². The van der Waals surface area contributed by atoms with Crippen LogP contribution in [-0.2, 0) is 6.54 Å². The first-order chi connectivity index (χ1) is 8.72. The number of likely N-dealkylation sites (tertiary alicyclic amines) is 1. The predicted octanol–water partition coefficient (Wildman–Crippen LogP) is 2.81. The first kappa shape index (κ1) is 12.4. The molecule has 0 bridgehead atoms. The van der Waals surface area contributed by atoms with Gasteiger partial charge >= 0.3 is 0 Å². The minimum Gasteiger partial charge on any atom is -0.308 e. The summed E-state index contributed by atoms with van der Waals surface area (Å²) in [4.78, 5) is 2.55. The summed E-state index contributed by atoms with van der Waals surface area (Å²) in [7, 11) is 0. The second-order valence-corrected chi connectivity index (χ2v) is 5.76. The molecule has 4 heteroatoms. The fraction of sp³-hybridized carbons (Fsp3) is 0.571. The Labute approximate surface area is 112 Å². The molecule has 1 saturated carbocycles. The Balaban J connectivity index is 1.53. The van der Waals surface area contributed by atoms with Crippen LogP contribution in [0, 0.1) is 5.82 Å². The van der Waals surface area contributed by atoms with E-state index in [2.05, 4.69) is 10.2 Å². The zero-order chi connectivity index (χ0) is 12.5. The molecule has 1 aliphatic heterocycles. The third kappa shape index (κ3) is 2.85. The second kappa shape index (κ2) is 5.16. The molecular formula is C14H18ClFN2. The highest BCUT2D eigenvalue weighted by atomic mass is 35.5.